The Morgan fingerprint density at radius 1 is 1.22 bits per heavy atom. The van der Waals surface area contributed by atoms with E-state index in [1.165, 1.54) is 12.3 Å². The maximum Gasteiger partial charge on any atom is 0.268 e. The lowest BCUT2D eigenvalue weighted by Crippen LogP contribution is -2.34. The number of rotatable bonds is 9. The monoisotopic (exact) mass is 368 g/mol. The summed E-state index contributed by atoms with van der Waals surface area (Å²) < 4.78 is 10.8. The van der Waals surface area contributed by atoms with Crippen molar-refractivity contribution in [3.63, 3.8) is 0 Å². The third kappa shape index (κ3) is 6.51. The fourth-order valence-electron chi connectivity index (χ4n) is 2.09. The molecule has 6 nitrogen and oxygen atoms in total. The van der Waals surface area contributed by atoms with Gasteiger partial charge in [-0.3, -0.25) is 9.59 Å². The molecule has 0 unspecified atom stereocenters. The van der Waals surface area contributed by atoms with Gasteiger partial charge in [0.25, 0.3) is 11.8 Å². The van der Waals surface area contributed by atoms with Crippen LogP contribution in [0.1, 0.15) is 30.0 Å². The van der Waals surface area contributed by atoms with Crippen LogP contribution in [0.5, 0.6) is 5.75 Å². The van der Waals surface area contributed by atoms with Crippen LogP contribution in [-0.2, 0) is 4.79 Å². The zero-order valence-electron chi connectivity index (χ0n) is 15.5. The van der Waals surface area contributed by atoms with Crippen molar-refractivity contribution in [3.8, 4) is 5.75 Å². The van der Waals surface area contributed by atoms with Crippen LogP contribution in [0.3, 0.4) is 0 Å². The molecule has 0 bridgehead atoms. The van der Waals surface area contributed by atoms with Crippen LogP contribution in [0.4, 0.5) is 0 Å². The third-order valence-corrected chi connectivity index (χ3v) is 3.43. The topological polar surface area (TPSA) is 80.6 Å². The minimum atomic E-state index is -0.434. The molecule has 0 saturated carbocycles. The fraction of sp³-hybridized carbons (Fsp3) is 0.238. The van der Waals surface area contributed by atoms with Crippen molar-refractivity contribution in [2.24, 2.45) is 5.92 Å². The molecule has 2 rings (SSSR count). The lowest BCUT2D eigenvalue weighted by atomic mass is 10.2. The summed E-state index contributed by atoms with van der Waals surface area (Å²) in [5.41, 5.74) is 0.491. The quantitative estimate of drug-likeness (QED) is 0.525. The van der Waals surface area contributed by atoms with Gasteiger partial charge in [-0.15, -0.1) is 6.58 Å². The number of furan rings is 1. The second-order valence-corrected chi connectivity index (χ2v) is 6.26. The van der Waals surface area contributed by atoms with Crippen LogP contribution in [0, 0.1) is 5.92 Å². The largest absolute Gasteiger partial charge is 0.493 e. The molecule has 2 amide bonds. The van der Waals surface area contributed by atoms with Gasteiger partial charge in [-0.1, -0.05) is 19.9 Å². The molecule has 1 aromatic heterocycles. The summed E-state index contributed by atoms with van der Waals surface area (Å²) in [6.45, 7) is 8.57. The number of amides is 2. The molecular formula is C21H24N2O4. The van der Waals surface area contributed by atoms with E-state index in [2.05, 4.69) is 31.1 Å². The van der Waals surface area contributed by atoms with E-state index >= 15 is 0 Å². The first-order valence-corrected chi connectivity index (χ1v) is 8.68. The molecular weight excluding hydrogens is 344 g/mol. The first-order chi connectivity index (χ1) is 13.0. The van der Waals surface area contributed by atoms with Gasteiger partial charge in [0.05, 0.1) is 12.9 Å². The smallest absolute Gasteiger partial charge is 0.268 e. The van der Waals surface area contributed by atoms with Gasteiger partial charge in [0.2, 0.25) is 0 Å². The number of benzene rings is 1. The lowest BCUT2D eigenvalue weighted by molar-refractivity contribution is -0.117. The van der Waals surface area contributed by atoms with Gasteiger partial charge < -0.3 is 19.8 Å². The highest BCUT2D eigenvalue weighted by Crippen LogP contribution is 2.14. The normalized spacial score (nSPS) is 11.1. The Hall–Kier alpha value is -3.28. The number of hydrogen-bond donors (Lipinski definition) is 2. The maximum absolute atomic E-state index is 12.5. The average molecular weight is 368 g/mol. The predicted octanol–water partition coefficient (Wildman–Crippen LogP) is 3.39. The highest BCUT2D eigenvalue weighted by Gasteiger charge is 2.15. The van der Waals surface area contributed by atoms with Gasteiger partial charge in [-0.05, 0) is 42.3 Å². The van der Waals surface area contributed by atoms with E-state index in [0.29, 0.717) is 29.6 Å². The van der Waals surface area contributed by atoms with E-state index in [-0.39, 0.29) is 12.2 Å². The van der Waals surface area contributed by atoms with Crippen molar-refractivity contribution in [1.29, 1.82) is 0 Å². The Bertz CT molecular complexity index is 790. The van der Waals surface area contributed by atoms with Gasteiger partial charge in [-0.2, -0.15) is 0 Å². The second-order valence-electron chi connectivity index (χ2n) is 6.26. The van der Waals surface area contributed by atoms with E-state index in [1.54, 1.807) is 42.5 Å². The molecule has 1 aromatic carbocycles. The van der Waals surface area contributed by atoms with Crippen LogP contribution < -0.4 is 15.4 Å². The van der Waals surface area contributed by atoms with Crippen LogP contribution in [0.15, 0.2) is 65.4 Å². The average Bonchev–Trinajstić information content (AvgIpc) is 3.17. The van der Waals surface area contributed by atoms with Crippen LogP contribution in [-0.4, -0.2) is 25.0 Å². The molecule has 0 radical (unpaired) electrons. The van der Waals surface area contributed by atoms with Crippen molar-refractivity contribution < 1.29 is 18.7 Å². The van der Waals surface area contributed by atoms with E-state index in [9.17, 15) is 9.59 Å². The first kappa shape index (κ1) is 20.0. The molecule has 0 fully saturated rings. The van der Waals surface area contributed by atoms with Gasteiger partial charge in [-0.25, -0.2) is 0 Å². The van der Waals surface area contributed by atoms with E-state index in [4.69, 9.17) is 9.15 Å². The number of ether oxygens (including phenoxy) is 1. The maximum atomic E-state index is 12.5. The van der Waals surface area contributed by atoms with Crippen LogP contribution in [0.2, 0.25) is 0 Å². The van der Waals surface area contributed by atoms with Gasteiger partial charge >= 0.3 is 0 Å². The lowest BCUT2D eigenvalue weighted by Gasteiger charge is -2.11. The minimum absolute atomic E-state index is 0.0805. The first-order valence-electron chi connectivity index (χ1n) is 8.68. The zero-order chi connectivity index (χ0) is 19.6. The van der Waals surface area contributed by atoms with E-state index < -0.39 is 11.8 Å². The molecule has 0 saturated heterocycles. The molecule has 0 aliphatic rings. The molecule has 27 heavy (non-hydrogen) atoms. The van der Waals surface area contributed by atoms with Gasteiger partial charge in [0, 0.05) is 18.2 Å². The summed E-state index contributed by atoms with van der Waals surface area (Å²) >= 11 is 0. The number of nitrogens with one attached hydrogen (secondary N) is 2. The number of carbonyl (C=O) groups excluding carboxylic acids is 2. The summed E-state index contributed by atoms with van der Waals surface area (Å²) in [5.74, 6) is 0.719. The molecule has 6 heteroatoms. The summed E-state index contributed by atoms with van der Waals surface area (Å²) in [6.07, 6.45) is 4.51. The molecule has 142 valence electrons. The summed E-state index contributed by atoms with van der Waals surface area (Å²) in [5, 5.41) is 5.26. The van der Waals surface area contributed by atoms with E-state index in [1.807, 2.05) is 0 Å². The fourth-order valence-corrected chi connectivity index (χ4v) is 2.09. The van der Waals surface area contributed by atoms with E-state index in [0.717, 1.165) is 0 Å². The highest BCUT2D eigenvalue weighted by molar-refractivity contribution is 6.05. The molecule has 0 aliphatic carbocycles. The Morgan fingerprint density at radius 3 is 2.56 bits per heavy atom. The molecule has 1 heterocycles. The van der Waals surface area contributed by atoms with Crippen molar-refractivity contribution in [2.75, 3.05) is 13.2 Å². The van der Waals surface area contributed by atoms with Gasteiger partial charge in [0.1, 0.15) is 17.2 Å². The Kier molecular flexibility index (Phi) is 7.43. The predicted molar refractivity (Wildman–Crippen MR) is 104 cm³/mol. The number of hydrogen-bond acceptors (Lipinski definition) is 4. The van der Waals surface area contributed by atoms with Crippen molar-refractivity contribution >= 4 is 17.9 Å². The Balaban J connectivity index is 2.10. The Morgan fingerprint density at radius 2 is 1.96 bits per heavy atom. The molecule has 2 N–H and O–H groups in total. The SMILES string of the molecule is C=CCNC(=O)C(=Cc1ccco1)NC(=O)c1ccc(OCC(C)C)cc1. The highest BCUT2D eigenvalue weighted by atomic mass is 16.5. The molecule has 2 aromatic rings. The van der Waals surface area contributed by atoms with Crippen molar-refractivity contribution in [3.05, 3.63) is 72.3 Å². The molecule has 0 spiro atoms. The van der Waals surface area contributed by atoms with Crippen LogP contribution in [0.25, 0.3) is 6.08 Å². The molecule has 0 atom stereocenters. The summed E-state index contributed by atoms with van der Waals surface area (Å²) in [6, 6.07) is 10.1. The Labute approximate surface area is 158 Å². The standard InChI is InChI=1S/C21H24N2O4/c1-4-11-22-21(25)19(13-18-6-5-12-26-18)23-20(24)16-7-9-17(10-8-16)27-14-15(2)3/h4-10,12-13,15H,1,11,14H2,2-3H3,(H,22,25)(H,23,24). The van der Waals surface area contributed by atoms with Crippen LogP contribution >= 0.6 is 0 Å². The van der Waals surface area contributed by atoms with Crippen molar-refractivity contribution in [2.45, 2.75) is 13.8 Å². The van der Waals surface area contributed by atoms with Crippen molar-refractivity contribution in [1.82, 2.24) is 10.6 Å². The molecule has 0 aliphatic heterocycles. The number of carbonyl (C=O) groups is 2. The second kappa shape index (κ2) is 10.0. The summed E-state index contributed by atoms with van der Waals surface area (Å²) in [7, 11) is 0. The minimum Gasteiger partial charge on any atom is -0.493 e. The summed E-state index contributed by atoms with van der Waals surface area (Å²) in [4.78, 5) is 24.8. The third-order valence-electron chi connectivity index (χ3n) is 3.43. The van der Waals surface area contributed by atoms with Gasteiger partial charge in [0.15, 0.2) is 0 Å². The zero-order valence-corrected chi connectivity index (χ0v) is 15.5.